The number of carbonyl (C=O) groups is 1. The molecular formula is C26H21ClF6N2O5. The van der Waals surface area contributed by atoms with E-state index in [2.05, 4.69) is 4.98 Å². The number of aromatic nitrogens is 1. The normalized spacial score (nSPS) is 17.5. The van der Waals surface area contributed by atoms with Crippen LogP contribution in [0.25, 0.3) is 11.3 Å². The highest BCUT2D eigenvalue weighted by Gasteiger charge is 2.60. The van der Waals surface area contributed by atoms with Crippen LogP contribution in [0.4, 0.5) is 26.3 Å². The molecule has 1 aliphatic carbocycles. The van der Waals surface area contributed by atoms with E-state index in [0.29, 0.717) is 0 Å². The molecule has 1 aliphatic rings. The molecule has 1 fully saturated rings. The molecule has 0 radical (unpaired) electrons. The van der Waals surface area contributed by atoms with Gasteiger partial charge in [-0.25, -0.2) is 18.2 Å². The van der Waals surface area contributed by atoms with E-state index >= 15 is 0 Å². The summed E-state index contributed by atoms with van der Waals surface area (Å²) < 4.78 is 98.0. The van der Waals surface area contributed by atoms with Crippen LogP contribution in [0.3, 0.4) is 0 Å². The molecule has 3 aromatic rings. The average molecular weight is 591 g/mol. The smallest absolute Gasteiger partial charge is 0.424 e. The Morgan fingerprint density at radius 3 is 2.30 bits per heavy atom. The maximum Gasteiger partial charge on any atom is 0.424 e. The maximum absolute atomic E-state index is 14.2. The van der Waals surface area contributed by atoms with Crippen LogP contribution in [0.2, 0.25) is 5.02 Å². The van der Waals surface area contributed by atoms with Crippen molar-refractivity contribution in [2.24, 2.45) is 0 Å². The zero-order chi connectivity index (χ0) is 29.5. The molecule has 0 saturated heterocycles. The first kappa shape index (κ1) is 29.3. The summed E-state index contributed by atoms with van der Waals surface area (Å²) in [5.41, 5.74) is -4.81. The summed E-state index contributed by atoms with van der Waals surface area (Å²) in [5, 5.41) is 12.5. The van der Waals surface area contributed by atoms with Crippen LogP contribution in [0, 0.1) is 5.82 Å². The minimum absolute atomic E-state index is 0.0124. The highest BCUT2D eigenvalue weighted by Crippen LogP contribution is 2.46. The molecule has 2 aromatic carbocycles. The quantitative estimate of drug-likeness (QED) is 0.319. The topological polar surface area (TPSA) is 89.9 Å². The Bertz CT molecular complexity index is 1440. The summed E-state index contributed by atoms with van der Waals surface area (Å²) in [7, 11) is 2.43. The lowest BCUT2D eigenvalue weighted by molar-refractivity contribution is -0.265. The predicted molar refractivity (Wildman–Crippen MR) is 130 cm³/mol. The second-order valence-electron chi connectivity index (χ2n) is 8.85. The summed E-state index contributed by atoms with van der Waals surface area (Å²) in [4.78, 5) is 16.7. The van der Waals surface area contributed by atoms with Crippen LogP contribution in [0.5, 0.6) is 17.2 Å². The Labute approximate surface area is 228 Å². The third-order valence-electron chi connectivity index (χ3n) is 6.13. The van der Waals surface area contributed by atoms with E-state index in [4.69, 9.17) is 25.8 Å². The third kappa shape index (κ3) is 5.75. The first-order chi connectivity index (χ1) is 18.7. The van der Waals surface area contributed by atoms with Gasteiger partial charge in [-0.2, -0.15) is 13.2 Å². The Morgan fingerprint density at radius 2 is 1.73 bits per heavy atom. The van der Waals surface area contributed by atoms with Gasteiger partial charge in [-0.3, -0.25) is 4.79 Å². The van der Waals surface area contributed by atoms with Gasteiger partial charge in [0.25, 0.3) is 11.8 Å². The molecule has 40 heavy (non-hydrogen) atoms. The molecule has 214 valence electrons. The fraction of sp³-hybridized carbons (Fsp3) is 0.308. The Hall–Kier alpha value is -3.71. The standard InChI is InChI=1S/C26H21ClF6N2O5/c1-38-18-7-8-20(35-22(18)13-3-5-16(28)15(27)9-13)24(37,26(31,32)33)12-34-23(36)14-4-6-17(19(10-14)39-2)40-21-11-25(21,29)30/h3-10,21,37H,11-12H2,1-2H3,(H,34,36). The number of rotatable bonds is 9. The van der Waals surface area contributed by atoms with Gasteiger partial charge in [-0.1, -0.05) is 11.6 Å². The number of carbonyl (C=O) groups excluding carboxylic acids is 1. The van der Waals surface area contributed by atoms with E-state index < -0.39 is 54.2 Å². The molecule has 2 atom stereocenters. The molecule has 14 heteroatoms. The first-order valence-electron chi connectivity index (χ1n) is 11.5. The van der Waals surface area contributed by atoms with Crippen LogP contribution >= 0.6 is 11.6 Å². The minimum atomic E-state index is -5.32. The van der Waals surface area contributed by atoms with Crippen LogP contribution in [0.15, 0.2) is 48.5 Å². The Kier molecular flexibility index (Phi) is 7.83. The van der Waals surface area contributed by atoms with Crippen molar-refractivity contribution in [1.29, 1.82) is 0 Å². The number of methoxy groups -OCH3 is 2. The van der Waals surface area contributed by atoms with E-state index in [1.165, 1.54) is 26.4 Å². The largest absolute Gasteiger partial charge is 0.494 e. The van der Waals surface area contributed by atoms with Gasteiger partial charge in [-0.15, -0.1) is 0 Å². The lowest BCUT2D eigenvalue weighted by Gasteiger charge is -2.30. The third-order valence-corrected chi connectivity index (χ3v) is 6.42. The number of amides is 1. The molecule has 2 N–H and O–H groups in total. The fourth-order valence-electron chi connectivity index (χ4n) is 3.71. The zero-order valence-electron chi connectivity index (χ0n) is 20.8. The first-order valence-corrected chi connectivity index (χ1v) is 11.9. The van der Waals surface area contributed by atoms with Crippen molar-refractivity contribution in [1.82, 2.24) is 10.3 Å². The Morgan fingerprint density at radius 1 is 1.07 bits per heavy atom. The SMILES string of the molecule is COc1cc(C(=O)NCC(O)(c2ccc(OC)c(-c3ccc(F)c(Cl)c3)n2)C(F)(F)F)ccc1OC1CC1(F)F. The van der Waals surface area contributed by atoms with Crippen LogP contribution in [0.1, 0.15) is 22.5 Å². The second-order valence-corrected chi connectivity index (χ2v) is 9.26. The number of benzene rings is 2. The summed E-state index contributed by atoms with van der Waals surface area (Å²) in [6.45, 7) is -1.35. The molecule has 1 heterocycles. The van der Waals surface area contributed by atoms with Crippen molar-refractivity contribution in [3.63, 3.8) is 0 Å². The van der Waals surface area contributed by atoms with Gasteiger partial charge >= 0.3 is 6.18 Å². The maximum atomic E-state index is 14.2. The second kappa shape index (κ2) is 10.7. The van der Waals surface area contributed by atoms with E-state index in [9.17, 15) is 36.2 Å². The monoisotopic (exact) mass is 590 g/mol. The molecule has 4 rings (SSSR count). The summed E-state index contributed by atoms with van der Waals surface area (Å²) >= 11 is 5.81. The van der Waals surface area contributed by atoms with E-state index in [1.807, 2.05) is 5.32 Å². The van der Waals surface area contributed by atoms with Crippen molar-refractivity contribution >= 4 is 17.5 Å². The van der Waals surface area contributed by atoms with Crippen molar-refractivity contribution in [2.45, 2.75) is 30.2 Å². The lowest BCUT2D eigenvalue weighted by atomic mass is 9.96. The average Bonchev–Trinajstić information content (AvgIpc) is 3.52. The van der Waals surface area contributed by atoms with Crippen molar-refractivity contribution in [3.05, 3.63) is 70.6 Å². The van der Waals surface area contributed by atoms with Gasteiger partial charge in [0, 0.05) is 11.1 Å². The van der Waals surface area contributed by atoms with Gasteiger partial charge in [-0.05, 0) is 48.5 Å². The number of hydrogen-bond acceptors (Lipinski definition) is 6. The molecule has 0 aliphatic heterocycles. The fourth-order valence-corrected chi connectivity index (χ4v) is 3.89. The van der Waals surface area contributed by atoms with Gasteiger partial charge in [0.05, 0.1) is 37.9 Å². The molecule has 1 saturated carbocycles. The number of nitrogens with one attached hydrogen (secondary N) is 1. The predicted octanol–water partition coefficient (Wildman–Crippen LogP) is 5.52. The summed E-state index contributed by atoms with van der Waals surface area (Å²) in [6, 6.07) is 8.74. The van der Waals surface area contributed by atoms with Crippen molar-refractivity contribution in [2.75, 3.05) is 20.8 Å². The molecular weight excluding hydrogens is 570 g/mol. The number of halogens is 7. The number of aliphatic hydroxyl groups is 1. The van der Waals surface area contributed by atoms with E-state index in [1.54, 1.807) is 0 Å². The molecule has 0 bridgehead atoms. The number of nitrogens with zero attached hydrogens (tertiary/aromatic N) is 1. The summed E-state index contributed by atoms with van der Waals surface area (Å²) in [5.74, 6) is -4.95. The number of alkyl halides is 5. The van der Waals surface area contributed by atoms with Gasteiger partial charge < -0.3 is 24.6 Å². The van der Waals surface area contributed by atoms with Crippen LogP contribution in [-0.4, -0.2) is 55.0 Å². The molecule has 2 unspecified atom stereocenters. The number of ether oxygens (including phenoxy) is 3. The van der Waals surface area contributed by atoms with Gasteiger partial charge in [0.1, 0.15) is 17.3 Å². The number of pyridine rings is 1. The van der Waals surface area contributed by atoms with Crippen molar-refractivity contribution < 1.29 is 50.5 Å². The molecule has 0 spiro atoms. The highest BCUT2D eigenvalue weighted by molar-refractivity contribution is 6.31. The molecule has 1 amide bonds. The lowest BCUT2D eigenvalue weighted by Crippen LogP contribution is -2.51. The number of hydrogen-bond donors (Lipinski definition) is 2. The van der Waals surface area contributed by atoms with Crippen molar-refractivity contribution in [3.8, 4) is 28.5 Å². The zero-order valence-corrected chi connectivity index (χ0v) is 21.5. The minimum Gasteiger partial charge on any atom is -0.494 e. The van der Waals surface area contributed by atoms with Crippen LogP contribution in [-0.2, 0) is 5.60 Å². The molecule has 1 aromatic heterocycles. The van der Waals surface area contributed by atoms with Crippen LogP contribution < -0.4 is 19.5 Å². The van der Waals surface area contributed by atoms with Gasteiger partial charge in [0.15, 0.2) is 17.6 Å². The van der Waals surface area contributed by atoms with Gasteiger partial charge in [0.2, 0.25) is 5.60 Å². The van der Waals surface area contributed by atoms with E-state index in [-0.39, 0.29) is 39.1 Å². The Balaban J connectivity index is 1.60. The van der Waals surface area contributed by atoms with E-state index in [0.717, 1.165) is 36.4 Å². The molecule has 7 nitrogen and oxygen atoms in total. The summed E-state index contributed by atoms with van der Waals surface area (Å²) in [6.07, 6.45) is -7.15. The highest BCUT2D eigenvalue weighted by atomic mass is 35.5.